The summed E-state index contributed by atoms with van der Waals surface area (Å²) in [5.74, 6) is -0.438. The fraction of sp³-hybridized carbons (Fsp3) is 0.222. The lowest BCUT2D eigenvalue weighted by Crippen LogP contribution is -2.13. The Labute approximate surface area is 140 Å². The van der Waals surface area contributed by atoms with E-state index >= 15 is 0 Å². The minimum absolute atomic E-state index is 0.245. The maximum Gasteiger partial charge on any atom is 0.343 e. The molecule has 0 saturated carbocycles. The summed E-state index contributed by atoms with van der Waals surface area (Å²) in [6.45, 7) is 4.23. The number of carbonyl (C=O) groups excluding carboxylic acids is 2. The van der Waals surface area contributed by atoms with Gasteiger partial charge in [0.25, 0.3) is 0 Å². The van der Waals surface area contributed by atoms with Crippen molar-refractivity contribution in [2.45, 2.75) is 13.8 Å². The highest BCUT2D eigenvalue weighted by atomic mass is 35.5. The number of ether oxygens (including phenoxy) is 2. The van der Waals surface area contributed by atoms with Crippen molar-refractivity contribution >= 4 is 23.5 Å². The zero-order chi connectivity index (χ0) is 16.8. The quantitative estimate of drug-likeness (QED) is 0.602. The van der Waals surface area contributed by atoms with E-state index in [9.17, 15) is 9.59 Å². The molecule has 0 fully saturated rings. The van der Waals surface area contributed by atoms with Crippen LogP contribution in [0.25, 0.3) is 0 Å². The van der Waals surface area contributed by atoms with Crippen LogP contribution in [0, 0.1) is 5.92 Å². The smallest absolute Gasteiger partial charge is 0.343 e. The van der Waals surface area contributed by atoms with Gasteiger partial charge in [-0.2, -0.15) is 0 Å². The van der Waals surface area contributed by atoms with E-state index in [0.29, 0.717) is 22.9 Å². The van der Waals surface area contributed by atoms with Crippen LogP contribution in [0.2, 0.25) is 5.02 Å². The van der Waals surface area contributed by atoms with Gasteiger partial charge in [0.1, 0.15) is 5.75 Å². The molecule has 0 aliphatic carbocycles. The van der Waals surface area contributed by atoms with Crippen molar-refractivity contribution in [1.29, 1.82) is 0 Å². The molecular formula is C18H17ClO4. The topological polar surface area (TPSA) is 52.6 Å². The molecular weight excluding hydrogens is 316 g/mol. The van der Waals surface area contributed by atoms with Crippen molar-refractivity contribution in [3.8, 4) is 5.75 Å². The zero-order valence-corrected chi connectivity index (χ0v) is 13.7. The summed E-state index contributed by atoms with van der Waals surface area (Å²) in [6.07, 6.45) is 0. The van der Waals surface area contributed by atoms with Gasteiger partial charge in [-0.3, -0.25) is 0 Å². The van der Waals surface area contributed by atoms with Crippen LogP contribution in [-0.4, -0.2) is 18.5 Å². The zero-order valence-electron chi connectivity index (χ0n) is 12.9. The third-order valence-electron chi connectivity index (χ3n) is 2.89. The van der Waals surface area contributed by atoms with Gasteiger partial charge in [0.05, 0.1) is 17.7 Å². The maximum atomic E-state index is 12.1. The number of esters is 2. The molecule has 4 nitrogen and oxygen atoms in total. The lowest BCUT2D eigenvalue weighted by atomic mass is 10.1. The molecule has 23 heavy (non-hydrogen) atoms. The summed E-state index contributed by atoms with van der Waals surface area (Å²) >= 11 is 5.85. The molecule has 0 N–H and O–H groups in total. The predicted octanol–water partition coefficient (Wildman–Crippen LogP) is 4.37. The van der Waals surface area contributed by atoms with Gasteiger partial charge in [0.2, 0.25) is 0 Å². The fourth-order valence-electron chi connectivity index (χ4n) is 1.80. The Bertz CT molecular complexity index is 710. The summed E-state index contributed by atoms with van der Waals surface area (Å²) < 4.78 is 10.4. The number of rotatable bonds is 5. The average molecular weight is 333 g/mol. The highest BCUT2D eigenvalue weighted by Crippen LogP contribution is 2.19. The fourth-order valence-corrected chi connectivity index (χ4v) is 1.98. The first kappa shape index (κ1) is 17.0. The lowest BCUT2D eigenvalue weighted by molar-refractivity contribution is 0.0459. The molecule has 0 aliphatic heterocycles. The number of carbonyl (C=O) groups is 2. The van der Waals surface area contributed by atoms with Crippen LogP contribution in [-0.2, 0) is 4.74 Å². The number of benzene rings is 2. The lowest BCUT2D eigenvalue weighted by Gasteiger charge is -2.08. The van der Waals surface area contributed by atoms with Crippen molar-refractivity contribution in [2.75, 3.05) is 6.61 Å². The summed E-state index contributed by atoms with van der Waals surface area (Å²) in [5.41, 5.74) is 0.579. The third-order valence-corrected chi connectivity index (χ3v) is 3.12. The molecule has 0 heterocycles. The molecule has 0 spiro atoms. The second-order valence-corrected chi connectivity index (χ2v) is 5.86. The summed E-state index contributed by atoms with van der Waals surface area (Å²) in [7, 11) is 0. The average Bonchev–Trinajstić information content (AvgIpc) is 2.52. The molecule has 2 aromatic carbocycles. The van der Waals surface area contributed by atoms with Gasteiger partial charge in [-0.15, -0.1) is 0 Å². The minimum Gasteiger partial charge on any atom is -0.462 e. The summed E-state index contributed by atoms with van der Waals surface area (Å²) in [6, 6.07) is 12.8. The van der Waals surface area contributed by atoms with Crippen LogP contribution in [0.15, 0.2) is 48.5 Å². The molecule has 0 atom stereocenters. The Morgan fingerprint density at radius 3 is 2.30 bits per heavy atom. The van der Waals surface area contributed by atoms with Crippen molar-refractivity contribution in [3.63, 3.8) is 0 Å². The summed E-state index contributed by atoms with van der Waals surface area (Å²) in [4.78, 5) is 24.1. The first-order chi connectivity index (χ1) is 11.0. The van der Waals surface area contributed by atoms with Crippen molar-refractivity contribution in [1.82, 2.24) is 0 Å². The molecule has 0 bridgehead atoms. The van der Waals surface area contributed by atoms with Crippen LogP contribution in [0.3, 0.4) is 0 Å². The van der Waals surface area contributed by atoms with Crippen LogP contribution >= 0.6 is 11.6 Å². The van der Waals surface area contributed by atoms with Gasteiger partial charge in [-0.1, -0.05) is 37.6 Å². The number of halogens is 1. The van der Waals surface area contributed by atoms with E-state index in [-0.39, 0.29) is 11.5 Å². The molecule has 120 valence electrons. The Balaban J connectivity index is 2.09. The largest absolute Gasteiger partial charge is 0.462 e. The van der Waals surface area contributed by atoms with Crippen LogP contribution < -0.4 is 4.74 Å². The highest BCUT2D eigenvalue weighted by molar-refractivity contribution is 6.30. The number of hydrogen-bond acceptors (Lipinski definition) is 4. The molecule has 0 aliphatic rings. The van der Waals surface area contributed by atoms with E-state index < -0.39 is 11.9 Å². The monoisotopic (exact) mass is 332 g/mol. The van der Waals surface area contributed by atoms with Gasteiger partial charge in [-0.25, -0.2) is 9.59 Å². The maximum absolute atomic E-state index is 12.1. The van der Waals surface area contributed by atoms with Crippen LogP contribution in [0.4, 0.5) is 0 Å². The SMILES string of the molecule is CC(C)COC(=O)c1cccc(C(=O)Oc2cccc(Cl)c2)c1. The first-order valence-electron chi connectivity index (χ1n) is 7.20. The van der Waals surface area contributed by atoms with Gasteiger partial charge >= 0.3 is 11.9 Å². The molecule has 0 radical (unpaired) electrons. The number of hydrogen-bond donors (Lipinski definition) is 0. The van der Waals surface area contributed by atoms with Crippen LogP contribution in [0.5, 0.6) is 5.75 Å². The van der Waals surface area contributed by atoms with E-state index in [0.717, 1.165) is 0 Å². The van der Waals surface area contributed by atoms with E-state index in [1.807, 2.05) is 13.8 Å². The Morgan fingerprint density at radius 2 is 1.65 bits per heavy atom. The Morgan fingerprint density at radius 1 is 1.00 bits per heavy atom. The second-order valence-electron chi connectivity index (χ2n) is 5.42. The van der Waals surface area contributed by atoms with Gasteiger partial charge in [0.15, 0.2) is 0 Å². The van der Waals surface area contributed by atoms with E-state index in [4.69, 9.17) is 21.1 Å². The molecule has 2 aromatic rings. The van der Waals surface area contributed by atoms with Gasteiger partial charge in [-0.05, 0) is 42.3 Å². The van der Waals surface area contributed by atoms with Crippen molar-refractivity contribution in [2.24, 2.45) is 5.92 Å². The standard InChI is InChI=1S/C18H17ClO4/c1-12(2)11-22-17(20)13-5-3-6-14(9-13)18(21)23-16-8-4-7-15(19)10-16/h3-10,12H,11H2,1-2H3. The Hall–Kier alpha value is -2.33. The first-order valence-corrected chi connectivity index (χ1v) is 7.58. The van der Waals surface area contributed by atoms with E-state index in [1.165, 1.54) is 6.07 Å². The molecule has 0 saturated heterocycles. The molecule has 2 rings (SSSR count). The molecule has 0 aromatic heterocycles. The van der Waals surface area contributed by atoms with Gasteiger partial charge < -0.3 is 9.47 Å². The Kier molecular flexibility index (Phi) is 5.77. The predicted molar refractivity (Wildman–Crippen MR) is 88.0 cm³/mol. The third kappa shape index (κ3) is 5.11. The molecule has 0 amide bonds. The van der Waals surface area contributed by atoms with E-state index in [1.54, 1.807) is 42.5 Å². The normalized spacial score (nSPS) is 10.4. The minimum atomic E-state index is -0.564. The summed E-state index contributed by atoms with van der Waals surface area (Å²) in [5, 5.41) is 0.473. The molecule has 0 unspecified atom stereocenters. The van der Waals surface area contributed by atoms with Crippen molar-refractivity contribution in [3.05, 3.63) is 64.7 Å². The van der Waals surface area contributed by atoms with Gasteiger partial charge in [0, 0.05) is 5.02 Å². The molecule has 5 heteroatoms. The highest BCUT2D eigenvalue weighted by Gasteiger charge is 2.14. The van der Waals surface area contributed by atoms with Crippen molar-refractivity contribution < 1.29 is 19.1 Å². The van der Waals surface area contributed by atoms with Crippen LogP contribution in [0.1, 0.15) is 34.6 Å². The van der Waals surface area contributed by atoms with E-state index in [2.05, 4.69) is 0 Å². The second kappa shape index (κ2) is 7.79.